The first-order valence-electron chi connectivity index (χ1n) is 6.83. The Morgan fingerprint density at radius 2 is 2.00 bits per heavy atom. The van der Waals surface area contributed by atoms with E-state index < -0.39 is 11.8 Å². The minimum Gasteiger partial charge on any atom is -0.317 e. The third-order valence-electron chi connectivity index (χ3n) is 2.92. The molecule has 0 saturated carbocycles. The number of hydrogen-bond donors (Lipinski definition) is 2. The molecular weight excluding hydrogens is 280 g/mol. The Morgan fingerprint density at radius 1 is 1.18 bits per heavy atom. The van der Waals surface area contributed by atoms with Crippen LogP contribution in [0.1, 0.15) is 18.1 Å². The quantitative estimate of drug-likeness (QED) is 0.512. The minimum absolute atomic E-state index is 0.626. The van der Waals surface area contributed by atoms with Crippen molar-refractivity contribution < 1.29 is 9.59 Å². The van der Waals surface area contributed by atoms with Crippen molar-refractivity contribution in [2.45, 2.75) is 13.3 Å². The molecule has 0 fully saturated rings. The average Bonchev–Trinajstić information content (AvgIpc) is 2.56. The van der Waals surface area contributed by atoms with Gasteiger partial charge in [0, 0.05) is 23.6 Å². The summed E-state index contributed by atoms with van der Waals surface area (Å²) in [5.41, 5.74) is 4.49. The largest absolute Gasteiger partial charge is 0.329 e. The zero-order valence-corrected chi connectivity index (χ0v) is 12.1. The molecule has 2 aromatic rings. The molecule has 2 N–H and O–H groups in total. The number of carbonyl (C=O) groups is 2. The predicted molar refractivity (Wildman–Crippen MR) is 84.4 cm³/mol. The van der Waals surface area contributed by atoms with Crippen molar-refractivity contribution in [2.24, 2.45) is 5.10 Å². The van der Waals surface area contributed by atoms with Crippen molar-refractivity contribution in [3.8, 4) is 0 Å². The molecule has 0 aliphatic rings. The fourth-order valence-electron chi connectivity index (χ4n) is 1.80. The first-order valence-corrected chi connectivity index (χ1v) is 6.83. The molecule has 6 heteroatoms. The van der Waals surface area contributed by atoms with Crippen molar-refractivity contribution in [1.29, 1.82) is 0 Å². The van der Waals surface area contributed by atoms with Gasteiger partial charge in [0.15, 0.2) is 0 Å². The number of carbonyl (C=O) groups excluding carboxylic acids is 2. The number of rotatable bonds is 4. The molecule has 0 radical (unpaired) electrons. The van der Waals surface area contributed by atoms with Gasteiger partial charge in [-0.25, -0.2) is 5.43 Å². The smallest absolute Gasteiger partial charge is 0.317 e. The zero-order valence-electron chi connectivity index (χ0n) is 12.1. The van der Waals surface area contributed by atoms with Crippen molar-refractivity contribution in [3.63, 3.8) is 0 Å². The van der Waals surface area contributed by atoms with E-state index in [1.54, 1.807) is 36.7 Å². The van der Waals surface area contributed by atoms with E-state index in [1.165, 1.54) is 6.21 Å². The van der Waals surface area contributed by atoms with Gasteiger partial charge in [0.25, 0.3) is 0 Å². The topological polar surface area (TPSA) is 83.5 Å². The van der Waals surface area contributed by atoms with Crippen LogP contribution in [0.3, 0.4) is 0 Å². The van der Waals surface area contributed by atoms with Gasteiger partial charge >= 0.3 is 11.8 Å². The lowest BCUT2D eigenvalue weighted by molar-refractivity contribution is -0.136. The SMILES string of the molecule is CCc1ccccc1NC(=O)C(=O)N/N=C/c1cccnc1. The van der Waals surface area contributed by atoms with Gasteiger partial charge in [-0.1, -0.05) is 31.2 Å². The van der Waals surface area contributed by atoms with Gasteiger partial charge in [0.05, 0.1) is 6.21 Å². The van der Waals surface area contributed by atoms with Crippen molar-refractivity contribution >= 4 is 23.7 Å². The summed E-state index contributed by atoms with van der Waals surface area (Å²) in [6.45, 7) is 1.98. The Balaban J connectivity index is 1.92. The summed E-state index contributed by atoms with van der Waals surface area (Å²) in [6.07, 6.45) is 5.40. The lowest BCUT2D eigenvalue weighted by Gasteiger charge is -2.08. The van der Waals surface area contributed by atoms with Crippen LogP contribution in [0.4, 0.5) is 5.69 Å². The normalized spacial score (nSPS) is 10.4. The second kappa shape index (κ2) is 7.68. The van der Waals surface area contributed by atoms with Crippen LogP contribution in [0.5, 0.6) is 0 Å². The van der Waals surface area contributed by atoms with Gasteiger partial charge in [-0.2, -0.15) is 5.10 Å². The molecule has 0 saturated heterocycles. The summed E-state index contributed by atoms with van der Waals surface area (Å²) in [4.78, 5) is 27.4. The van der Waals surface area contributed by atoms with E-state index in [9.17, 15) is 9.59 Å². The molecule has 0 aliphatic heterocycles. The Kier molecular flexibility index (Phi) is 5.37. The van der Waals surface area contributed by atoms with Crippen LogP contribution in [0.2, 0.25) is 0 Å². The molecule has 2 rings (SSSR count). The fraction of sp³-hybridized carbons (Fsp3) is 0.125. The number of hydrogen-bond acceptors (Lipinski definition) is 4. The Hall–Kier alpha value is -3.02. The molecule has 1 aromatic heterocycles. The maximum atomic E-state index is 11.8. The second-order valence-corrected chi connectivity index (χ2v) is 4.45. The van der Waals surface area contributed by atoms with E-state index in [0.29, 0.717) is 5.69 Å². The monoisotopic (exact) mass is 296 g/mol. The summed E-state index contributed by atoms with van der Waals surface area (Å²) in [7, 11) is 0. The Bertz CT molecular complexity index is 684. The standard InChI is InChI=1S/C16H16N4O2/c1-2-13-7-3-4-8-14(13)19-15(21)16(22)20-18-11-12-6-5-9-17-10-12/h3-11H,2H2,1H3,(H,19,21)(H,20,22)/b18-11+. The van der Waals surface area contributed by atoms with Crippen LogP contribution in [-0.4, -0.2) is 23.0 Å². The summed E-state index contributed by atoms with van der Waals surface area (Å²) >= 11 is 0. The molecule has 0 unspecified atom stereocenters. The first-order chi connectivity index (χ1) is 10.7. The van der Waals surface area contributed by atoms with Crippen molar-refractivity contribution in [2.75, 3.05) is 5.32 Å². The highest BCUT2D eigenvalue weighted by molar-refractivity contribution is 6.39. The summed E-state index contributed by atoms with van der Waals surface area (Å²) in [5.74, 6) is -1.59. The molecule has 0 aliphatic carbocycles. The van der Waals surface area contributed by atoms with E-state index in [1.807, 2.05) is 19.1 Å². The van der Waals surface area contributed by atoms with Crippen LogP contribution < -0.4 is 10.7 Å². The number of aryl methyl sites for hydroxylation is 1. The third-order valence-corrected chi connectivity index (χ3v) is 2.92. The van der Waals surface area contributed by atoms with E-state index in [4.69, 9.17) is 0 Å². The summed E-state index contributed by atoms with van der Waals surface area (Å²) < 4.78 is 0. The van der Waals surface area contributed by atoms with Crippen molar-refractivity contribution in [1.82, 2.24) is 10.4 Å². The van der Waals surface area contributed by atoms with Crippen LogP contribution in [-0.2, 0) is 16.0 Å². The molecule has 0 atom stereocenters. The fourth-order valence-corrected chi connectivity index (χ4v) is 1.80. The maximum Gasteiger partial charge on any atom is 0.329 e. The van der Waals surface area contributed by atoms with Crippen LogP contribution >= 0.6 is 0 Å². The second-order valence-electron chi connectivity index (χ2n) is 4.45. The number of pyridine rings is 1. The highest BCUT2D eigenvalue weighted by Crippen LogP contribution is 2.14. The van der Waals surface area contributed by atoms with E-state index >= 15 is 0 Å². The maximum absolute atomic E-state index is 11.8. The Morgan fingerprint density at radius 3 is 2.73 bits per heavy atom. The highest BCUT2D eigenvalue weighted by atomic mass is 16.2. The number of benzene rings is 1. The van der Waals surface area contributed by atoms with Gasteiger partial charge in [-0.15, -0.1) is 0 Å². The van der Waals surface area contributed by atoms with E-state index in [0.717, 1.165) is 17.5 Å². The van der Waals surface area contributed by atoms with Gasteiger partial charge in [-0.05, 0) is 24.1 Å². The first kappa shape index (κ1) is 15.4. The van der Waals surface area contributed by atoms with E-state index in [2.05, 4.69) is 20.8 Å². The van der Waals surface area contributed by atoms with Gasteiger partial charge in [-0.3, -0.25) is 14.6 Å². The number of anilines is 1. The molecule has 22 heavy (non-hydrogen) atoms. The van der Waals surface area contributed by atoms with Crippen molar-refractivity contribution in [3.05, 3.63) is 59.9 Å². The number of nitrogens with zero attached hydrogens (tertiary/aromatic N) is 2. The molecule has 2 amide bonds. The summed E-state index contributed by atoms with van der Waals surface area (Å²) in [5, 5.41) is 6.29. The number of nitrogens with one attached hydrogen (secondary N) is 2. The van der Waals surface area contributed by atoms with Gasteiger partial charge in [0.1, 0.15) is 0 Å². The minimum atomic E-state index is -0.828. The molecule has 0 bridgehead atoms. The highest BCUT2D eigenvalue weighted by Gasteiger charge is 2.13. The number of amides is 2. The molecule has 1 heterocycles. The molecule has 0 spiro atoms. The molecule has 1 aromatic carbocycles. The molecule has 112 valence electrons. The van der Waals surface area contributed by atoms with Crippen LogP contribution in [0.25, 0.3) is 0 Å². The zero-order chi connectivity index (χ0) is 15.8. The number of para-hydroxylation sites is 1. The van der Waals surface area contributed by atoms with Crippen LogP contribution in [0, 0.1) is 0 Å². The molecular formula is C16H16N4O2. The van der Waals surface area contributed by atoms with Gasteiger partial charge in [0.2, 0.25) is 0 Å². The lowest BCUT2D eigenvalue weighted by atomic mass is 10.1. The Labute approximate surface area is 128 Å². The average molecular weight is 296 g/mol. The number of aromatic nitrogens is 1. The third kappa shape index (κ3) is 4.24. The lowest BCUT2D eigenvalue weighted by Crippen LogP contribution is -2.32. The van der Waals surface area contributed by atoms with E-state index in [-0.39, 0.29) is 0 Å². The van der Waals surface area contributed by atoms with Crippen LogP contribution in [0.15, 0.2) is 53.9 Å². The summed E-state index contributed by atoms with van der Waals surface area (Å²) in [6, 6.07) is 10.9. The predicted octanol–water partition coefficient (Wildman–Crippen LogP) is 1.73. The number of hydrazone groups is 1. The van der Waals surface area contributed by atoms with Gasteiger partial charge < -0.3 is 5.32 Å². The molecule has 6 nitrogen and oxygen atoms in total.